The molecule has 0 aromatic carbocycles. The maximum atomic E-state index is 12.7. The molecule has 0 radical (unpaired) electrons. The van der Waals surface area contributed by atoms with Crippen LogP contribution < -0.4 is 4.90 Å². The number of thiazole rings is 1. The number of imide groups is 1. The van der Waals surface area contributed by atoms with Crippen molar-refractivity contribution in [2.24, 2.45) is 5.41 Å². The van der Waals surface area contributed by atoms with Gasteiger partial charge in [0, 0.05) is 11.8 Å². The third-order valence-corrected chi connectivity index (χ3v) is 5.14. The minimum absolute atomic E-state index is 0.150. The second-order valence-corrected chi connectivity index (χ2v) is 6.58. The average Bonchev–Trinajstić information content (AvgIpc) is 2.95. The molecule has 112 valence electrons. The number of amides is 2. The third kappa shape index (κ3) is 2.46. The van der Waals surface area contributed by atoms with Crippen molar-refractivity contribution in [1.29, 1.82) is 0 Å². The molecule has 6 nitrogen and oxygen atoms in total. The van der Waals surface area contributed by atoms with Gasteiger partial charge >= 0.3 is 5.97 Å². The van der Waals surface area contributed by atoms with Gasteiger partial charge in [0.15, 0.2) is 5.13 Å². The minimum atomic E-state index is -0.977. The number of rotatable bonds is 3. The first-order chi connectivity index (χ1) is 10.0. The molecule has 3 rings (SSSR count). The molecule has 1 aliphatic carbocycles. The Balaban J connectivity index is 1.85. The van der Waals surface area contributed by atoms with Crippen molar-refractivity contribution in [3.05, 3.63) is 11.1 Å². The van der Waals surface area contributed by atoms with Gasteiger partial charge in [-0.3, -0.25) is 14.4 Å². The van der Waals surface area contributed by atoms with Crippen molar-refractivity contribution < 1.29 is 19.5 Å². The fourth-order valence-electron chi connectivity index (χ4n) is 3.24. The number of nitrogens with zero attached hydrogens (tertiary/aromatic N) is 2. The molecule has 1 aliphatic heterocycles. The lowest BCUT2D eigenvalue weighted by Gasteiger charge is -2.30. The molecule has 0 unspecified atom stereocenters. The molecule has 0 bridgehead atoms. The van der Waals surface area contributed by atoms with E-state index in [0.29, 0.717) is 10.8 Å². The highest BCUT2D eigenvalue weighted by atomic mass is 32.1. The summed E-state index contributed by atoms with van der Waals surface area (Å²) in [6, 6.07) is 0. The van der Waals surface area contributed by atoms with Crippen LogP contribution in [-0.2, 0) is 20.8 Å². The van der Waals surface area contributed by atoms with Crippen LogP contribution in [0.3, 0.4) is 0 Å². The largest absolute Gasteiger partial charge is 0.481 e. The topological polar surface area (TPSA) is 87.6 Å². The van der Waals surface area contributed by atoms with Crippen LogP contribution in [0.4, 0.5) is 5.13 Å². The third-order valence-electron chi connectivity index (χ3n) is 4.27. The fourth-order valence-corrected chi connectivity index (χ4v) is 4.08. The normalized spacial score (nSPS) is 21.2. The van der Waals surface area contributed by atoms with E-state index in [1.165, 1.54) is 4.90 Å². The fraction of sp³-hybridized carbons (Fsp3) is 0.571. The lowest BCUT2D eigenvalue weighted by molar-refractivity contribution is -0.136. The Hall–Kier alpha value is -1.76. The highest BCUT2D eigenvalue weighted by Gasteiger charge is 2.52. The van der Waals surface area contributed by atoms with E-state index in [1.54, 1.807) is 5.38 Å². The van der Waals surface area contributed by atoms with E-state index < -0.39 is 11.4 Å². The number of carboxylic acids is 1. The molecule has 7 heteroatoms. The van der Waals surface area contributed by atoms with E-state index in [0.717, 1.165) is 43.4 Å². The van der Waals surface area contributed by atoms with Gasteiger partial charge in [0.25, 0.3) is 0 Å². The SMILES string of the molecule is O=C(O)Cc1csc(N2C(=O)CC3(CCCCC3)C2=O)n1. The van der Waals surface area contributed by atoms with E-state index in [4.69, 9.17) is 5.11 Å². The summed E-state index contributed by atoms with van der Waals surface area (Å²) >= 11 is 1.15. The molecule has 1 spiro atoms. The Kier molecular flexibility index (Phi) is 3.52. The van der Waals surface area contributed by atoms with Crippen molar-refractivity contribution in [3.63, 3.8) is 0 Å². The summed E-state index contributed by atoms with van der Waals surface area (Å²) < 4.78 is 0. The number of aliphatic carboxylic acids is 1. The molecule has 1 aromatic rings. The van der Waals surface area contributed by atoms with Crippen molar-refractivity contribution in [2.45, 2.75) is 44.9 Å². The standard InChI is InChI=1S/C14H16N2O4S/c17-10-7-14(4-2-1-3-5-14)12(20)16(10)13-15-9(8-21-13)6-11(18)19/h8H,1-7H2,(H,18,19). The quantitative estimate of drug-likeness (QED) is 0.863. The Labute approximate surface area is 125 Å². The average molecular weight is 308 g/mol. The number of carboxylic acid groups (broad SMARTS) is 1. The molecule has 21 heavy (non-hydrogen) atoms. The molecule has 2 fully saturated rings. The van der Waals surface area contributed by atoms with Gasteiger partial charge in [-0.25, -0.2) is 9.88 Å². The van der Waals surface area contributed by atoms with Crippen LogP contribution in [0.1, 0.15) is 44.2 Å². The molecule has 2 heterocycles. The lowest BCUT2D eigenvalue weighted by atomic mass is 9.73. The Morgan fingerprint density at radius 1 is 1.33 bits per heavy atom. The number of carbonyl (C=O) groups excluding carboxylic acids is 2. The highest BCUT2D eigenvalue weighted by Crippen LogP contribution is 2.46. The number of carbonyl (C=O) groups is 3. The van der Waals surface area contributed by atoms with Gasteiger partial charge in [-0.15, -0.1) is 11.3 Å². The van der Waals surface area contributed by atoms with Crippen LogP contribution in [-0.4, -0.2) is 27.9 Å². The Bertz CT molecular complexity index is 604. The van der Waals surface area contributed by atoms with Gasteiger partial charge in [-0.2, -0.15) is 0 Å². The maximum absolute atomic E-state index is 12.7. The number of aromatic nitrogens is 1. The molecule has 2 amide bonds. The van der Waals surface area contributed by atoms with Gasteiger partial charge in [0.2, 0.25) is 11.8 Å². The molecule has 0 atom stereocenters. The first-order valence-electron chi connectivity index (χ1n) is 7.05. The monoisotopic (exact) mass is 308 g/mol. The summed E-state index contributed by atoms with van der Waals surface area (Å²) in [6.07, 6.45) is 4.67. The van der Waals surface area contributed by atoms with Crippen molar-refractivity contribution >= 4 is 34.3 Å². The Morgan fingerprint density at radius 3 is 2.71 bits per heavy atom. The Morgan fingerprint density at radius 2 is 2.05 bits per heavy atom. The summed E-state index contributed by atoms with van der Waals surface area (Å²) in [7, 11) is 0. The first-order valence-corrected chi connectivity index (χ1v) is 7.93. The molecule has 2 aliphatic rings. The van der Waals surface area contributed by atoms with Crippen LogP contribution in [0.25, 0.3) is 0 Å². The predicted molar refractivity (Wildman–Crippen MR) is 76.1 cm³/mol. The van der Waals surface area contributed by atoms with Gasteiger partial charge in [0.05, 0.1) is 17.5 Å². The van der Waals surface area contributed by atoms with Gasteiger partial charge in [-0.1, -0.05) is 19.3 Å². The zero-order valence-corrected chi connectivity index (χ0v) is 12.3. The van der Waals surface area contributed by atoms with Gasteiger partial charge in [-0.05, 0) is 12.8 Å². The summed E-state index contributed by atoms with van der Waals surface area (Å²) in [5.41, 5.74) is -0.152. The second-order valence-electron chi connectivity index (χ2n) is 5.74. The molecule has 1 saturated carbocycles. The van der Waals surface area contributed by atoms with Gasteiger partial charge < -0.3 is 5.11 Å². The van der Waals surface area contributed by atoms with E-state index in [2.05, 4.69) is 4.98 Å². The molecular weight excluding hydrogens is 292 g/mol. The number of hydrogen-bond acceptors (Lipinski definition) is 5. The van der Waals surface area contributed by atoms with Crippen molar-refractivity contribution in [1.82, 2.24) is 4.98 Å². The van der Waals surface area contributed by atoms with Crippen LogP contribution in [0, 0.1) is 5.41 Å². The highest BCUT2D eigenvalue weighted by molar-refractivity contribution is 7.14. The minimum Gasteiger partial charge on any atom is -0.481 e. The summed E-state index contributed by atoms with van der Waals surface area (Å²) in [4.78, 5) is 40.9. The van der Waals surface area contributed by atoms with Crippen LogP contribution in [0.2, 0.25) is 0 Å². The summed E-state index contributed by atoms with van der Waals surface area (Å²) in [5.74, 6) is -1.34. The van der Waals surface area contributed by atoms with E-state index in [9.17, 15) is 14.4 Å². The number of anilines is 1. The molecular formula is C14H16N2O4S. The van der Waals surface area contributed by atoms with Crippen molar-refractivity contribution in [2.75, 3.05) is 4.90 Å². The van der Waals surface area contributed by atoms with Crippen LogP contribution in [0.15, 0.2) is 5.38 Å². The maximum Gasteiger partial charge on any atom is 0.309 e. The molecule has 1 N–H and O–H groups in total. The van der Waals surface area contributed by atoms with E-state index >= 15 is 0 Å². The van der Waals surface area contributed by atoms with Gasteiger partial charge in [0.1, 0.15) is 0 Å². The van der Waals surface area contributed by atoms with E-state index in [-0.39, 0.29) is 24.7 Å². The number of hydrogen-bond donors (Lipinski definition) is 1. The van der Waals surface area contributed by atoms with Crippen LogP contribution in [0.5, 0.6) is 0 Å². The molecule has 1 aromatic heterocycles. The summed E-state index contributed by atoms with van der Waals surface area (Å²) in [6.45, 7) is 0. The zero-order chi connectivity index (χ0) is 15.0. The lowest BCUT2D eigenvalue weighted by Crippen LogP contribution is -2.36. The van der Waals surface area contributed by atoms with Crippen molar-refractivity contribution in [3.8, 4) is 0 Å². The second kappa shape index (κ2) is 5.22. The van der Waals surface area contributed by atoms with Crippen LogP contribution >= 0.6 is 11.3 Å². The molecule has 1 saturated heterocycles. The zero-order valence-electron chi connectivity index (χ0n) is 11.5. The smallest absolute Gasteiger partial charge is 0.309 e. The summed E-state index contributed by atoms with van der Waals surface area (Å²) in [5, 5.41) is 10.7. The predicted octanol–water partition coefficient (Wildman–Crippen LogP) is 1.98. The van der Waals surface area contributed by atoms with E-state index in [1.807, 2.05) is 0 Å². The first kappa shape index (κ1) is 14.2.